The lowest BCUT2D eigenvalue weighted by Crippen LogP contribution is -2.42. The molecular formula is C22H26N2O4. The van der Waals surface area contributed by atoms with Crippen molar-refractivity contribution in [2.75, 3.05) is 13.2 Å². The minimum absolute atomic E-state index is 0.0396. The summed E-state index contributed by atoms with van der Waals surface area (Å²) in [4.78, 5) is 30.7. The molecule has 0 N–H and O–H groups in total. The van der Waals surface area contributed by atoms with E-state index in [1.807, 2.05) is 39.0 Å². The highest BCUT2D eigenvalue weighted by Crippen LogP contribution is 2.22. The van der Waals surface area contributed by atoms with Gasteiger partial charge in [0, 0.05) is 29.9 Å². The van der Waals surface area contributed by atoms with Crippen LogP contribution in [0.5, 0.6) is 5.88 Å². The minimum atomic E-state index is -0.520. The van der Waals surface area contributed by atoms with Gasteiger partial charge in [-0.3, -0.25) is 4.79 Å². The molecule has 1 unspecified atom stereocenters. The largest absolute Gasteiger partial charge is 0.475 e. The van der Waals surface area contributed by atoms with Crippen LogP contribution < -0.4 is 4.74 Å². The quantitative estimate of drug-likeness (QED) is 0.729. The summed E-state index contributed by atoms with van der Waals surface area (Å²) in [6.45, 7) is 6.58. The molecule has 0 bridgehead atoms. The van der Waals surface area contributed by atoms with Gasteiger partial charge in [-0.15, -0.1) is 0 Å². The number of amides is 1. The summed E-state index contributed by atoms with van der Waals surface area (Å²) in [7, 11) is 0. The Labute approximate surface area is 165 Å². The maximum atomic E-state index is 12.4. The third kappa shape index (κ3) is 5.09. The van der Waals surface area contributed by atoms with Crippen LogP contribution in [0.1, 0.15) is 49.5 Å². The SMILES string of the molecule is CC(C)(C)OC(=O)N1CCCC1COc1ccc(C(=O)c2ccccc2)cn1. The highest BCUT2D eigenvalue weighted by Gasteiger charge is 2.32. The maximum Gasteiger partial charge on any atom is 0.410 e. The Balaban J connectivity index is 1.57. The zero-order chi connectivity index (χ0) is 20.1. The zero-order valence-corrected chi connectivity index (χ0v) is 16.6. The van der Waals surface area contributed by atoms with Crippen LogP contribution in [0, 0.1) is 0 Å². The summed E-state index contributed by atoms with van der Waals surface area (Å²) in [6, 6.07) is 12.4. The fourth-order valence-corrected chi connectivity index (χ4v) is 3.11. The van der Waals surface area contributed by atoms with Gasteiger partial charge in [-0.25, -0.2) is 9.78 Å². The first kappa shape index (κ1) is 19.9. The van der Waals surface area contributed by atoms with Gasteiger partial charge in [0.25, 0.3) is 0 Å². The lowest BCUT2D eigenvalue weighted by Gasteiger charge is -2.28. The highest BCUT2D eigenvalue weighted by molar-refractivity contribution is 6.08. The first-order chi connectivity index (χ1) is 13.3. The lowest BCUT2D eigenvalue weighted by atomic mass is 10.1. The average molecular weight is 382 g/mol. The molecule has 1 aliphatic heterocycles. The van der Waals surface area contributed by atoms with E-state index < -0.39 is 5.60 Å². The second-order valence-corrected chi connectivity index (χ2v) is 7.86. The van der Waals surface area contributed by atoms with Gasteiger partial charge in [-0.1, -0.05) is 30.3 Å². The summed E-state index contributed by atoms with van der Waals surface area (Å²) >= 11 is 0. The molecule has 148 valence electrons. The number of likely N-dealkylation sites (tertiary alicyclic amines) is 1. The first-order valence-electron chi connectivity index (χ1n) is 9.52. The average Bonchev–Trinajstić information content (AvgIpc) is 3.14. The maximum absolute atomic E-state index is 12.4. The highest BCUT2D eigenvalue weighted by atomic mass is 16.6. The van der Waals surface area contributed by atoms with Crippen LogP contribution in [0.3, 0.4) is 0 Å². The summed E-state index contributed by atoms with van der Waals surface area (Å²) < 4.78 is 11.2. The smallest absolute Gasteiger partial charge is 0.410 e. The molecule has 0 spiro atoms. The Morgan fingerprint density at radius 3 is 2.50 bits per heavy atom. The van der Waals surface area contributed by atoms with Crippen molar-refractivity contribution in [3.05, 3.63) is 59.8 Å². The number of nitrogens with zero attached hydrogens (tertiary/aromatic N) is 2. The molecule has 0 radical (unpaired) electrons. The first-order valence-corrected chi connectivity index (χ1v) is 9.52. The number of carbonyl (C=O) groups is 2. The molecule has 3 rings (SSSR count). The normalized spacial score (nSPS) is 16.7. The monoisotopic (exact) mass is 382 g/mol. The van der Waals surface area contributed by atoms with Crippen molar-refractivity contribution >= 4 is 11.9 Å². The topological polar surface area (TPSA) is 68.7 Å². The van der Waals surface area contributed by atoms with E-state index in [1.165, 1.54) is 6.20 Å². The van der Waals surface area contributed by atoms with E-state index in [-0.39, 0.29) is 17.9 Å². The van der Waals surface area contributed by atoms with E-state index in [4.69, 9.17) is 9.47 Å². The number of rotatable bonds is 5. The molecule has 0 saturated carbocycles. The van der Waals surface area contributed by atoms with Crippen molar-refractivity contribution < 1.29 is 19.1 Å². The van der Waals surface area contributed by atoms with E-state index in [0.717, 1.165) is 12.8 Å². The van der Waals surface area contributed by atoms with E-state index in [9.17, 15) is 9.59 Å². The van der Waals surface area contributed by atoms with E-state index >= 15 is 0 Å². The number of hydrogen-bond acceptors (Lipinski definition) is 5. The molecule has 1 aromatic heterocycles. The van der Waals surface area contributed by atoms with Gasteiger partial charge in [0.1, 0.15) is 12.2 Å². The Morgan fingerprint density at radius 2 is 1.86 bits per heavy atom. The Bertz CT molecular complexity index is 813. The molecule has 2 heterocycles. The van der Waals surface area contributed by atoms with Gasteiger partial charge < -0.3 is 14.4 Å². The number of carbonyl (C=O) groups excluding carboxylic acids is 2. The number of aromatic nitrogens is 1. The van der Waals surface area contributed by atoms with Gasteiger partial charge in [0.05, 0.1) is 6.04 Å². The Kier molecular flexibility index (Phi) is 5.97. The van der Waals surface area contributed by atoms with Crippen LogP contribution in [-0.4, -0.2) is 46.6 Å². The Hall–Kier alpha value is -2.89. The van der Waals surface area contributed by atoms with Crippen molar-refractivity contribution in [2.24, 2.45) is 0 Å². The van der Waals surface area contributed by atoms with Gasteiger partial charge in [-0.2, -0.15) is 0 Å². The van der Waals surface area contributed by atoms with E-state index in [2.05, 4.69) is 4.98 Å². The predicted octanol–water partition coefficient (Wildman–Crippen LogP) is 4.09. The van der Waals surface area contributed by atoms with Crippen LogP contribution in [0.25, 0.3) is 0 Å². The number of pyridine rings is 1. The second kappa shape index (κ2) is 8.42. The molecule has 1 aromatic carbocycles. The lowest BCUT2D eigenvalue weighted by molar-refractivity contribution is 0.0185. The molecule has 1 saturated heterocycles. The van der Waals surface area contributed by atoms with Crippen molar-refractivity contribution in [3.63, 3.8) is 0 Å². The Morgan fingerprint density at radius 1 is 1.11 bits per heavy atom. The summed E-state index contributed by atoms with van der Waals surface area (Å²) in [5.41, 5.74) is 0.611. The minimum Gasteiger partial charge on any atom is -0.475 e. The summed E-state index contributed by atoms with van der Waals surface area (Å²) in [5.74, 6) is 0.354. The predicted molar refractivity (Wildman–Crippen MR) is 106 cm³/mol. The second-order valence-electron chi connectivity index (χ2n) is 7.86. The van der Waals surface area contributed by atoms with Crippen LogP contribution >= 0.6 is 0 Å². The molecule has 2 aromatic rings. The third-order valence-electron chi connectivity index (χ3n) is 4.46. The van der Waals surface area contributed by atoms with E-state index in [0.29, 0.717) is 30.2 Å². The number of benzene rings is 1. The van der Waals surface area contributed by atoms with Crippen LogP contribution in [0.15, 0.2) is 48.7 Å². The molecule has 1 atom stereocenters. The van der Waals surface area contributed by atoms with Crippen LogP contribution in [-0.2, 0) is 4.74 Å². The molecule has 1 amide bonds. The van der Waals surface area contributed by atoms with Crippen molar-refractivity contribution in [1.29, 1.82) is 0 Å². The summed E-state index contributed by atoms with van der Waals surface area (Å²) in [6.07, 6.45) is 3.00. The molecule has 28 heavy (non-hydrogen) atoms. The molecule has 1 fully saturated rings. The fourth-order valence-electron chi connectivity index (χ4n) is 3.11. The van der Waals surface area contributed by atoms with Gasteiger partial charge in [-0.05, 0) is 39.7 Å². The van der Waals surface area contributed by atoms with Gasteiger partial charge in [0.2, 0.25) is 5.88 Å². The standard InChI is InChI=1S/C22H26N2O4/c1-22(2,3)28-21(26)24-13-7-10-18(24)15-27-19-12-11-17(14-23-19)20(25)16-8-5-4-6-9-16/h4-6,8-9,11-12,14,18H,7,10,13,15H2,1-3H3. The number of ketones is 1. The van der Waals surface area contributed by atoms with Gasteiger partial charge in [0.15, 0.2) is 5.78 Å². The van der Waals surface area contributed by atoms with Crippen molar-refractivity contribution in [1.82, 2.24) is 9.88 Å². The fraction of sp³-hybridized carbons (Fsp3) is 0.409. The van der Waals surface area contributed by atoms with Crippen molar-refractivity contribution in [2.45, 2.75) is 45.3 Å². The zero-order valence-electron chi connectivity index (χ0n) is 16.6. The van der Waals surface area contributed by atoms with E-state index in [1.54, 1.807) is 29.2 Å². The molecule has 0 aliphatic carbocycles. The molecular weight excluding hydrogens is 356 g/mol. The molecule has 1 aliphatic rings. The van der Waals surface area contributed by atoms with Crippen molar-refractivity contribution in [3.8, 4) is 5.88 Å². The van der Waals surface area contributed by atoms with Gasteiger partial charge >= 0.3 is 6.09 Å². The van der Waals surface area contributed by atoms with Crippen LogP contribution in [0.4, 0.5) is 4.79 Å². The van der Waals surface area contributed by atoms with Crippen LogP contribution in [0.2, 0.25) is 0 Å². The number of ether oxygens (including phenoxy) is 2. The third-order valence-corrected chi connectivity index (χ3v) is 4.46. The summed E-state index contributed by atoms with van der Waals surface area (Å²) in [5, 5.41) is 0. The molecule has 6 heteroatoms. The molecule has 6 nitrogen and oxygen atoms in total. The number of hydrogen-bond donors (Lipinski definition) is 0.